The van der Waals surface area contributed by atoms with Gasteiger partial charge in [0.05, 0.1) is 33.3 Å². The molecule has 1 aromatic carbocycles. The maximum Gasteiger partial charge on any atom is 0.278 e. The molecule has 1 aliphatic heterocycles. The highest BCUT2D eigenvalue weighted by Crippen LogP contribution is 2.18. The van der Waals surface area contributed by atoms with E-state index < -0.39 is 0 Å². The van der Waals surface area contributed by atoms with Crippen LogP contribution in [-0.2, 0) is 4.79 Å². The van der Waals surface area contributed by atoms with Crippen LogP contribution in [0.25, 0.3) is 0 Å². The first kappa shape index (κ1) is 16.6. The lowest BCUT2D eigenvalue weighted by Gasteiger charge is -2.36. The summed E-state index contributed by atoms with van der Waals surface area (Å²) in [5, 5.41) is 3.01. The van der Waals surface area contributed by atoms with Crippen molar-refractivity contribution in [1.82, 2.24) is 5.32 Å². The lowest BCUT2D eigenvalue weighted by atomic mass is 10.2. The Bertz CT molecular complexity index is 479. The van der Waals surface area contributed by atoms with Crippen molar-refractivity contribution in [2.45, 2.75) is 32.9 Å². The molecule has 5 nitrogen and oxygen atoms in total. The molecule has 122 valence electrons. The fourth-order valence-corrected chi connectivity index (χ4v) is 2.87. The third-order valence-electron chi connectivity index (χ3n) is 4.28. The van der Waals surface area contributed by atoms with Crippen LogP contribution in [0.15, 0.2) is 24.3 Å². The van der Waals surface area contributed by atoms with Gasteiger partial charge in [-0.3, -0.25) is 4.79 Å². The number of hydrogen-bond donors (Lipinski definition) is 2. The van der Waals surface area contributed by atoms with E-state index in [1.165, 1.54) is 10.6 Å². The summed E-state index contributed by atoms with van der Waals surface area (Å²) >= 11 is 0. The molecule has 22 heavy (non-hydrogen) atoms. The molecule has 0 aliphatic carbocycles. The van der Waals surface area contributed by atoms with Crippen LogP contribution in [0.1, 0.15) is 20.8 Å². The number of amides is 1. The lowest BCUT2D eigenvalue weighted by Crippen LogP contribution is -3.19. The van der Waals surface area contributed by atoms with Gasteiger partial charge in [0.2, 0.25) is 0 Å². The van der Waals surface area contributed by atoms with E-state index in [0.29, 0.717) is 0 Å². The number of nitrogens with zero attached hydrogens (tertiary/aromatic N) is 1. The molecule has 0 unspecified atom stereocenters. The summed E-state index contributed by atoms with van der Waals surface area (Å²) in [6, 6.07) is 8.40. The Hall–Kier alpha value is -1.75. The van der Waals surface area contributed by atoms with Crippen molar-refractivity contribution in [2.75, 3.05) is 38.2 Å². The zero-order valence-electron chi connectivity index (χ0n) is 14.1. The van der Waals surface area contributed by atoms with E-state index in [-0.39, 0.29) is 18.0 Å². The van der Waals surface area contributed by atoms with Crippen molar-refractivity contribution in [3.05, 3.63) is 24.3 Å². The minimum atomic E-state index is 0.0143. The summed E-state index contributed by atoms with van der Waals surface area (Å²) in [5.74, 6) is 1.04. The summed E-state index contributed by atoms with van der Waals surface area (Å²) < 4.78 is 5.20. The normalized spacial score (nSPS) is 17.4. The van der Waals surface area contributed by atoms with E-state index in [1.54, 1.807) is 7.11 Å². The van der Waals surface area contributed by atoms with Crippen LogP contribution in [0.2, 0.25) is 0 Å². The van der Waals surface area contributed by atoms with Crippen molar-refractivity contribution in [3.63, 3.8) is 0 Å². The maximum absolute atomic E-state index is 12.1. The minimum Gasteiger partial charge on any atom is -0.497 e. The molecule has 1 aromatic rings. The Morgan fingerprint density at radius 3 is 2.27 bits per heavy atom. The van der Waals surface area contributed by atoms with Crippen LogP contribution in [-0.4, -0.2) is 51.3 Å². The molecule has 1 fully saturated rings. The summed E-state index contributed by atoms with van der Waals surface area (Å²) in [6.07, 6.45) is 0. The zero-order chi connectivity index (χ0) is 16.1. The molecule has 2 rings (SSSR count). The molecule has 1 heterocycles. The summed E-state index contributed by atoms with van der Waals surface area (Å²) in [4.78, 5) is 15.9. The zero-order valence-corrected chi connectivity index (χ0v) is 14.1. The largest absolute Gasteiger partial charge is 0.497 e. The van der Waals surface area contributed by atoms with Crippen LogP contribution in [0.4, 0.5) is 5.69 Å². The topological polar surface area (TPSA) is 46.0 Å². The molecule has 0 spiro atoms. The Balaban J connectivity index is 1.88. The van der Waals surface area contributed by atoms with Gasteiger partial charge < -0.3 is 19.9 Å². The van der Waals surface area contributed by atoms with Gasteiger partial charge >= 0.3 is 0 Å². The number of rotatable bonds is 5. The second kappa shape index (κ2) is 7.49. The van der Waals surface area contributed by atoms with E-state index in [1.807, 2.05) is 32.9 Å². The first-order chi connectivity index (χ1) is 10.5. The number of methoxy groups -OCH3 is 1. The van der Waals surface area contributed by atoms with Crippen molar-refractivity contribution in [2.24, 2.45) is 0 Å². The highest BCUT2D eigenvalue weighted by atomic mass is 16.5. The van der Waals surface area contributed by atoms with Gasteiger partial charge in [0.25, 0.3) is 5.91 Å². The molecule has 1 saturated heterocycles. The van der Waals surface area contributed by atoms with Gasteiger partial charge in [-0.05, 0) is 45.0 Å². The van der Waals surface area contributed by atoms with Crippen LogP contribution in [0.3, 0.4) is 0 Å². The van der Waals surface area contributed by atoms with Gasteiger partial charge in [-0.25, -0.2) is 0 Å². The summed E-state index contributed by atoms with van der Waals surface area (Å²) in [6.45, 7) is 9.94. The summed E-state index contributed by atoms with van der Waals surface area (Å²) in [7, 11) is 1.68. The number of nitrogens with one attached hydrogen (secondary N) is 2. The van der Waals surface area contributed by atoms with Crippen molar-refractivity contribution >= 4 is 11.6 Å². The van der Waals surface area contributed by atoms with E-state index >= 15 is 0 Å². The monoisotopic (exact) mass is 306 g/mol. The first-order valence-corrected chi connectivity index (χ1v) is 8.05. The number of benzene rings is 1. The predicted molar refractivity (Wildman–Crippen MR) is 88.6 cm³/mol. The molecule has 0 bridgehead atoms. The van der Waals surface area contributed by atoms with Crippen LogP contribution in [0.5, 0.6) is 5.75 Å². The van der Waals surface area contributed by atoms with E-state index in [2.05, 4.69) is 22.3 Å². The van der Waals surface area contributed by atoms with E-state index in [9.17, 15) is 4.79 Å². The maximum atomic E-state index is 12.1. The van der Waals surface area contributed by atoms with Crippen LogP contribution in [0, 0.1) is 0 Å². The minimum absolute atomic E-state index is 0.0143. The average Bonchev–Trinajstić information content (AvgIpc) is 2.54. The standard InChI is InChI=1S/C17H27N3O2/c1-13(2)18-17(21)14(3)19-9-11-20(12-10-19)15-5-7-16(22-4)8-6-15/h5-8,13-14H,9-12H2,1-4H3,(H,18,21)/p+1/t14-/m1/s1. The van der Waals surface area contributed by atoms with E-state index in [0.717, 1.165) is 31.9 Å². The smallest absolute Gasteiger partial charge is 0.278 e. The van der Waals surface area contributed by atoms with Gasteiger partial charge in [-0.1, -0.05) is 0 Å². The number of carbonyl (C=O) groups is 1. The number of carbonyl (C=O) groups excluding carboxylic acids is 1. The van der Waals surface area contributed by atoms with Gasteiger partial charge in [-0.15, -0.1) is 0 Å². The molecule has 5 heteroatoms. The van der Waals surface area contributed by atoms with Crippen LogP contribution >= 0.6 is 0 Å². The second-order valence-electron chi connectivity index (χ2n) is 6.23. The third-order valence-corrected chi connectivity index (χ3v) is 4.28. The fourth-order valence-electron chi connectivity index (χ4n) is 2.87. The Morgan fingerprint density at radius 2 is 1.77 bits per heavy atom. The van der Waals surface area contributed by atoms with Crippen molar-refractivity contribution in [1.29, 1.82) is 0 Å². The highest BCUT2D eigenvalue weighted by molar-refractivity contribution is 5.80. The molecule has 0 aromatic heterocycles. The Morgan fingerprint density at radius 1 is 1.18 bits per heavy atom. The molecular weight excluding hydrogens is 278 g/mol. The molecule has 1 aliphatic rings. The van der Waals surface area contributed by atoms with Gasteiger partial charge in [0, 0.05) is 11.7 Å². The Kier molecular flexibility index (Phi) is 5.66. The molecule has 1 amide bonds. The van der Waals surface area contributed by atoms with Crippen LogP contribution < -0.4 is 19.9 Å². The van der Waals surface area contributed by atoms with Crippen molar-refractivity contribution < 1.29 is 14.4 Å². The molecule has 1 atom stereocenters. The quantitative estimate of drug-likeness (QED) is 0.823. The lowest BCUT2D eigenvalue weighted by molar-refractivity contribution is -0.914. The number of hydrogen-bond acceptors (Lipinski definition) is 3. The van der Waals surface area contributed by atoms with Gasteiger partial charge in [0.15, 0.2) is 6.04 Å². The van der Waals surface area contributed by atoms with E-state index in [4.69, 9.17) is 4.74 Å². The molecule has 2 N–H and O–H groups in total. The third kappa shape index (κ3) is 4.13. The first-order valence-electron chi connectivity index (χ1n) is 8.05. The number of anilines is 1. The second-order valence-corrected chi connectivity index (χ2v) is 6.23. The van der Waals surface area contributed by atoms with Gasteiger partial charge in [0.1, 0.15) is 5.75 Å². The SMILES string of the molecule is COc1ccc(N2CC[NH+]([C@H](C)C(=O)NC(C)C)CC2)cc1. The summed E-state index contributed by atoms with van der Waals surface area (Å²) in [5.41, 5.74) is 1.22. The number of ether oxygens (including phenoxy) is 1. The molecular formula is C17H28N3O2+. The van der Waals surface area contributed by atoms with Gasteiger partial charge in [-0.2, -0.15) is 0 Å². The number of quaternary nitrogens is 1. The number of piperazine rings is 1. The predicted octanol–water partition coefficient (Wildman–Crippen LogP) is 0.313. The average molecular weight is 306 g/mol. The Labute approximate surface area is 133 Å². The molecule has 0 radical (unpaired) electrons. The molecule has 0 saturated carbocycles. The van der Waals surface area contributed by atoms with Crippen molar-refractivity contribution in [3.8, 4) is 5.75 Å². The fraction of sp³-hybridized carbons (Fsp3) is 0.588. The highest BCUT2D eigenvalue weighted by Gasteiger charge is 2.29.